The van der Waals surface area contributed by atoms with Gasteiger partial charge in [0.2, 0.25) is 0 Å². The molecule has 0 saturated heterocycles. The van der Waals surface area contributed by atoms with E-state index in [9.17, 15) is 9.59 Å². The first-order valence-corrected chi connectivity index (χ1v) is 7.98. The van der Waals surface area contributed by atoms with E-state index in [-0.39, 0.29) is 17.2 Å². The fraction of sp³-hybridized carbons (Fsp3) is 0.579. The maximum absolute atomic E-state index is 12.4. The maximum atomic E-state index is 12.4. The van der Waals surface area contributed by atoms with Crippen LogP contribution in [-0.2, 0) is 0 Å². The molecular weight excluding hydrogens is 288 g/mol. The summed E-state index contributed by atoms with van der Waals surface area (Å²) in [5.41, 5.74) is 6.00. The summed E-state index contributed by atoms with van der Waals surface area (Å²) in [6.45, 7) is 13.4. The van der Waals surface area contributed by atoms with Crippen LogP contribution in [0.2, 0.25) is 0 Å². The van der Waals surface area contributed by atoms with Crippen molar-refractivity contribution in [2.45, 2.75) is 66.0 Å². The van der Waals surface area contributed by atoms with Crippen molar-refractivity contribution in [1.82, 2.24) is 5.32 Å². The van der Waals surface area contributed by atoms with E-state index in [2.05, 4.69) is 5.32 Å². The molecule has 0 unspecified atom stereocenters. The fourth-order valence-corrected chi connectivity index (χ4v) is 2.77. The van der Waals surface area contributed by atoms with E-state index in [1.807, 2.05) is 48.5 Å². The van der Waals surface area contributed by atoms with Crippen LogP contribution in [0.1, 0.15) is 75.6 Å². The molecule has 0 radical (unpaired) electrons. The SMILES string of the molecule is CC(C)(N)CC(C)(C)NC(=O)c1ccc(C(=O)C(C)(C)C)cc1. The van der Waals surface area contributed by atoms with Crippen molar-refractivity contribution in [3.63, 3.8) is 0 Å². The van der Waals surface area contributed by atoms with Gasteiger partial charge in [-0.15, -0.1) is 0 Å². The number of carbonyl (C=O) groups excluding carboxylic acids is 2. The number of hydrogen-bond donors (Lipinski definition) is 2. The summed E-state index contributed by atoms with van der Waals surface area (Å²) < 4.78 is 0. The summed E-state index contributed by atoms with van der Waals surface area (Å²) >= 11 is 0. The third kappa shape index (κ3) is 6.14. The molecule has 0 aliphatic heterocycles. The maximum Gasteiger partial charge on any atom is 0.251 e. The van der Waals surface area contributed by atoms with Crippen LogP contribution < -0.4 is 11.1 Å². The molecular formula is C19H30N2O2. The second kappa shape index (κ2) is 6.44. The molecule has 128 valence electrons. The zero-order chi connectivity index (χ0) is 18.1. The van der Waals surface area contributed by atoms with Gasteiger partial charge in [-0.3, -0.25) is 9.59 Å². The Hall–Kier alpha value is -1.68. The Morgan fingerprint density at radius 1 is 0.913 bits per heavy atom. The minimum Gasteiger partial charge on any atom is -0.347 e. The molecule has 1 rings (SSSR count). The molecule has 4 heteroatoms. The lowest BCUT2D eigenvalue weighted by atomic mass is 9.86. The van der Waals surface area contributed by atoms with Gasteiger partial charge in [0.25, 0.3) is 5.91 Å². The Labute approximate surface area is 139 Å². The molecule has 0 heterocycles. The highest BCUT2D eigenvalue weighted by Crippen LogP contribution is 2.22. The van der Waals surface area contributed by atoms with Crippen molar-refractivity contribution in [3.05, 3.63) is 35.4 Å². The van der Waals surface area contributed by atoms with E-state index in [1.165, 1.54) is 0 Å². The lowest BCUT2D eigenvalue weighted by Gasteiger charge is -2.33. The Balaban J connectivity index is 2.85. The number of nitrogens with one attached hydrogen (secondary N) is 1. The fourth-order valence-electron chi connectivity index (χ4n) is 2.77. The summed E-state index contributed by atoms with van der Waals surface area (Å²) in [4.78, 5) is 24.6. The van der Waals surface area contributed by atoms with Crippen molar-refractivity contribution < 1.29 is 9.59 Å². The molecule has 0 fully saturated rings. The predicted octanol–water partition coefficient (Wildman–Crippen LogP) is 3.55. The zero-order valence-electron chi connectivity index (χ0n) is 15.4. The number of amides is 1. The molecule has 1 aromatic carbocycles. The Morgan fingerprint density at radius 3 is 1.74 bits per heavy atom. The number of ketones is 1. The average Bonchev–Trinajstić information content (AvgIpc) is 2.33. The van der Waals surface area contributed by atoms with E-state index in [1.54, 1.807) is 24.3 Å². The molecule has 0 aromatic heterocycles. The number of carbonyl (C=O) groups is 2. The van der Waals surface area contributed by atoms with Gasteiger partial charge >= 0.3 is 0 Å². The van der Waals surface area contributed by atoms with E-state index in [0.717, 1.165) is 0 Å². The second-order valence-corrected chi connectivity index (χ2v) is 8.66. The molecule has 4 nitrogen and oxygen atoms in total. The first-order chi connectivity index (χ1) is 10.2. The third-order valence-corrected chi connectivity index (χ3v) is 3.44. The summed E-state index contributed by atoms with van der Waals surface area (Å²) in [6.07, 6.45) is 0.659. The third-order valence-electron chi connectivity index (χ3n) is 3.44. The van der Waals surface area contributed by atoms with Gasteiger partial charge in [0.05, 0.1) is 0 Å². The van der Waals surface area contributed by atoms with Crippen LogP contribution in [-0.4, -0.2) is 22.8 Å². The number of nitrogens with two attached hydrogens (primary N) is 1. The van der Waals surface area contributed by atoms with Gasteiger partial charge < -0.3 is 11.1 Å². The molecule has 0 aliphatic carbocycles. The van der Waals surface area contributed by atoms with E-state index < -0.39 is 11.0 Å². The molecule has 0 spiro atoms. The molecule has 0 atom stereocenters. The van der Waals surface area contributed by atoms with Gasteiger partial charge in [-0.25, -0.2) is 0 Å². The van der Waals surface area contributed by atoms with Crippen LogP contribution in [0.25, 0.3) is 0 Å². The predicted molar refractivity (Wildman–Crippen MR) is 94.7 cm³/mol. The standard InChI is InChI=1S/C19H30N2O2/c1-17(2,3)15(22)13-8-10-14(11-9-13)16(23)21-19(6,7)12-18(4,5)20/h8-11H,12,20H2,1-7H3,(H,21,23). The topological polar surface area (TPSA) is 72.2 Å². The van der Waals surface area contributed by atoms with Crippen molar-refractivity contribution in [2.75, 3.05) is 0 Å². The highest BCUT2D eigenvalue weighted by atomic mass is 16.2. The monoisotopic (exact) mass is 318 g/mol. The summed E-state index contributed by atoms with van der Waals surface area (Å²) in [5.74, 6) is -0.0938. The second-order valence-electron chi connectivity index (χ2n) is 8.66. The van der Waals surface area contributed by atoms with Crippen LogP contribution in [0.4, 0.5) is 0 Å². The quantitative estimate of drug-likeness (QED) is 0.815. The lowest BCUT2D eigenvalue weighted by molar-refractivity contribution is 0.0855. The van der Waals surface area contributed by atoms with Gasteiger partial charge in [0.1, 0.15) is 0 Å². The first-order valence-electron chi connectivity index (χ1n) is 7.98. The lowest BCUT2D eigenvalue weighted by Crippen LogP contribution is -2.50. The smallest absolute Gasteiger partial charge is 0.251 e. The van der Waals surface area contributed by atoms with Crippen molar-refractivity contribution in [3.8, 4) is 0 Å². The Kier molecular flexibility index (Phi) is 5.42. The van der Waals surface area contributed by atoms with Crippen LogP contribution in [0.5, 0.6) is 0 Å². The molecule has 3 N–H and O–H groups in total. The van der Waals surface area contributed by atoms with Crippen LogP contribution in [0.3, 0.4) is 0 Å². The van der Waals surface area contributed by atoms with Crippen molar-refractivity contribution in [2.24, 2.45) is 11.1 Å². The Morgan fingerprint density at radius 2 is 1.35 bits per heavy atom. The zero-order valence-corrected chi connectivity index (χ0v) is 15.4. The normalized spacial score (nSPS) is 12.9. The van der Waals surface area contributed by atoms with E-state index in [0.29, 0.717) is 17.5 Å². The highest BCUT2D eigenvalue weighted by Gasteiger charge is 2.28. The summed E-state index contributed by atoms with van der Waals surface area (Å²) in [6, 6.07) is 6.81. The van der Waals surface area contributed by atoms with Gasteiger partial charge in [0, 0.05) is 27.6 Å². The van der Waals surface area contributed by atoms with Crippen molar-refractivity contribution in [1.29, 1.82) is 0 Å². The van der Waals surface area contributed by atoms with E-state index >= 15 is 0 Å². The average molecular weight is 318 g/mol. The largest absolute Gasteiger partial charge is 0.347 e. The number of benzene rings is 1. The molecule has 0 saturated carbocycles. The van der Waals surface area contributed by atoms with Gasteiger partial charge in [-0.05, 0) is 46.2 Å². The van der Waals surface area contributed by atoms with Crippen LogP contribution in [0, 0.1) is 5.41 Å². The molecule has 23 heavy (non-hydrogen) atoms. The number of rotatable bonds is 5. The van der Waals surface area contributed by atoms with Crippen LogP contribution in [0.15, 0.2) is 24.3 Å². The van der Waals surface area contributed by atoms with Crippen molar-refractivity contribution >= 4 is 11.7 Å². The Bertz CT molecular complexity index is 573. The molecule has 1 amide bonds. The highest BCUT2D eigenvalue weighted by molar-refractivity contribution is 6.01. The molecule has 0 aliphatic rings. The molecule has 0 bridgehead atoms. The van der Waals surface area contributed by atoms with Gasteiger partial charge in [-0.2, -0.15) is 0 Å². The number of hydrogen-bond acceptors (Lipinski definition) is 3. The van der Waals surface area contributed by atoms with E-state index in [4.69, 9.17) is 5.73 Å². The molecule has 1 aromatic rings. The minimum atomic E-state index is -0.432. The first kappa shape index (κ1) is 19.4. The van der Waals surface area contributed by atoms with Gasteiger partial charge in [-0.1, -0.05) is 32.9 Å². The number of Topliss-reactive ketones (excluding diaryl/α,β-unsaturated/α-hetero) is 1. The van der Waals surface area contributed by atoms with Crippen LogP contribution >= 0.6 is 0 Å². The minimum absolute atomic E-state index is 0.0645. The summed E-state index contributed by atoms with van der Waals surface area (Å²) in [5, 5.41) is 3.00. The van der Waals surface area contributed by atoms with Gasteiger partial charge in [0.15, 0.2) is 5.78 Å². The summed E-state index contributed by atoms with van der Waals surface area (Å²) in [7, 11) is 0.